The Hall–Kier alpha value is -7.20. The topological polar surface area (TPSA) is 173 Å². The van der Waals surface area contributed by atoms with Crippen LogP contribution in [0.2, 0.25) is 0 Å². The highest BCUT2D eigenvalue weighted by atomic mass is 19.1. The highest BCUT2D eigenvalue weighted by Gasteiger charge is 2.25. The van der Waals surface area contributed by atoms with Crippen molar-refractivity contribution >= 4 is 23.7 Å². The maximum atomic E-state index is 13.9. The molecule has 0 fully saturated rings. The second-order valence-corrected chi connectivity index (χ2v) is 20.0. The van der Waals surface area contributed by atoms with Crippen LogP contribution in [0, 0.1) is 37.1 Å². The van der Waals surface area contributed by atoms with Crippen LogP contribution in [0.3, 0.4) is 0 Å². The van der Waals surface area contributed by atoms with Gasteiger partial charge < -0.3 is 36.2 Å². The van der Waals surface area contributed by atoms with Crippen LogP contribution in [-0.2, 0) is 25.7 Å². The summed E-state index contributed by atoms with van der Waals surface area (Å²) in [4.78, 5) is 53.6. The van der Waals surface area contributed by atoms with Gasteiger partial charge in [0.25, 0.3) is 17.7 Å². The molecule has 3 amide bonds. The van der Waals surface area contributed by atoms with E-state index in [-0.39, 0.29) is 43.2 Å². The molecular weight excluding hydrogens is 1020 g/mol. The first-order valence-corrected chi connectivity index (χ1v) is 27.2. The van der Waals surface area contributed by atoms with Crippen LogP contribution in [0.15, 0.2) is 133 Å². The number of nitrogens with one attached hydrogen (secondary N) is 1. The largest absolute Gasteiger partial charge is 0.478 e. The van der Waals surface area contributed by atoms with E-state index < -0.39 is 59.4 Å². The van der Waals surface area contributed by atoms with E-state index in [0.29, 0.717) is 74.1 Å². The van der Waals surface area contributed by atoms with Crippen molar-refractivity contribution in [2.24, 2.45) is 5.73 Å². The molecule has 0 bridgehead atoms. The number of carbonyl (C=O) groups is 4. The molecule has 80 heavy (non-hydrogen) atoms. The number of aliphatic hydroxyl groups is 2. The van der Waals surface area contributed by atoms with Crippen LogP contribution in [0.4, 0.5) is 17.6 Å². The van der Waals surface area contributed by atoms with Crippen molar-refractivity contribution < 1.29 is 52.1 Å². The SMILES string of the molecule is C.CCCN(CCC)C(=O)c1cc(C)cc(C(=O)N[C@@H](Cc2cc(F)cc(F)c2)C(O)CCc2ccccc2)c1.CCCN(CCC)C(=O)c1cc(C)cc(C(=O)O)c1.N[C@@H](Cc1cc(F)cc(F)c1)C(O)CCc1ccccc1. The third-order valence-electron chi connectivity index (χ3n) is 12.9. The molecule has 432 valence electrons. The van der Waals surface area contributed by atoms with Crippen LogP contribution in [0.25, 0.3) is 0 Å². The van der Waals surface area contributed by atoms with Crippen LogP contribution in [-0.4, -0.2) is 99.3 Å². The van der Waals surface area contributed by atoms with E-state index in [0.717, 1.165) is 60.1 Å². The number of halogens is 4. The van der Waals surface area contributed by atoms with Gasteiger partial charge in [-0.05, 0) is 172 Å². The molecular formula is C65H82F4N4O7. The minimum absolute atomic E-state index is 0. The molecule has 0 heterocycles. The van der Waals surface area contributed by atoms with Gasteiger partial charge in [0.2, 0.25) is 0 Å². The van der Waals surface area contributed by atoms with E-state index in [4.69, 9.17) is 10.8 Å². The number of benzene rings is 6. The van der Waals surface area contributed by atoms with Crippen LogP contribution < -0.4 is 11.1 Å². The van der Waals surface area contributed by atoms with E-state index in [1.807, 2.05) is 95.3 Å². The van der Waals surface area contributed by atoms with Gasteiger partial charge in [-0.15, -0.1) is 0 Å². The Morgan fingerprint density at radius 2 is 0.863 bits per heavy atom. The maximum absolute atomic E-state index is 13.9. The summed E-state index contributed by atoms with van der Waals surface area (Å²) in [6.07, 6.45) is 4.17. The molecule has 6 N–H and O–H groups in total. The predicted molar refractivity (Wildman–Crippen MR) is 310 cm³/mol. The van der Waals surface area contributed by atoms with Gasteiger partial charge in [-0.1, -0.05) is 95.8 Å². The first-order valence-electron chi connectivity index (χ1n) is 27.2. The number of aromatic carboxylic acids is 1. The summed E-state index contributed by atoms with van der Waals surface area (Å²) in [5.74, 6) is -4.40. The first-order chi connectivity index (χ1) is 37.7. The molecule has 0 saturated carbocycles. The molecule has 0 aliphatic heterocycles. The number of hydrogen-bond acceptors (Lipinski definition) is 7. The quantitative estimate of drug-likeness (QED) is 0.0352. The lowest BCUT2D eigenvalue weighted by Crippen LogP contribution is -2.45. The maximum Gasteiger partial charge on any atom is 0.335 e. The second kappa shape index (κ2) is 34.7. The average Bonchev–Trinajstić information content (AvgIpc) is 3.41. The fourth-order valence-electron chi connectivity index (χ4n) is 9.13. The number of amides is 3. The molecule has 0 aliphatic rings. The fourth-order valence-corrected chi connectivity index (χ4v) is 9.13. The number of carboxylic acids is 1. The lowest BCUT2D eigenvalue weighted by Gasteiger charge is -2.25. The predicted octanol–water partition coefficient (Wildman–Crippen LogP) is 12.3. The third kappa shape index (κ3) is 22.9. The van der Waals surface area contributed by atoms with Crippen molar-refractivity contribution in [1.29, 1.82) is 0 Å². The first kappa shape index (κ1) is 67.1. The zero-order valence-electron chi connectivity index (χ0n) is 46.4. The second-order valence-electron chi connectivity index (χ2n) is 20.0. The van der Waals surface area contributed by atoms with Gasteiger partial charge in [-0.25, -0.2) is 22.4 Å². The highest BCUT2D eigenvalue weighted by Crippen LogP contribution is 2.20. The Bertz CT molecular complexity index is 2820. The fraction of sp³-hybridized carbons (Fsp3) is 0.385. The summed E-state index contributed by atoms with van der Waals surface area (Å²) in [6, 6.07) is 34.4. The number of nitrogens with zero attached hydrogens (tertiary/aromatic N) is 2. The number of rotatable bonds is 25. The Morgan fingerprint density at radius 1 is 0.500 bits per heavy atom. The van der Waals surface area contributed by atoms with Crippen molar-refractivity contribution in [3.05, 3.63) is 212 Å². The van der Waals surface area contributed by atoms with Gasteiger partial charge >= 0.3 is 5.97 Å². The average molecular weight is 1110 g/mol. The molecule has 2 unspecified atom stereocenters. The van der Waals surface area contributed by atoms with Crippen molar-refractivity contribution in [3.8, 4) is 0 Å². The lowest BCUT2D eigenvalue weighted by molar-refractivity contribution is 0.0695. The summed E-state index contributed by atoms with van der Waals surface area (Å²) in [5, 5.41) is 33.1. The van der Waals surface area contributed by atoms with Crippen LogP contribution in [0.1, 0.15) is 148 Å². The molecule has 0 saturated heterocycles. The van der Waals surface area contributed by atoms with Gasteiger partial charge in [-0.3, -0.25) is 14.4 Å². The summed E-state index contributed by atoms with van der Waals surface area (Å²) in [5.41, 5.74) is 11.7. The van der Waals surface area contributed by atoms with E-state index >= 15 is 0 Å². The number of nitrogens with two attached hydrogens (primary N) is 1. The van der Waals surface area contributed by atoms with E-state index in [1.165, 1.54) is 30.3 Å². The van der Waals surface area contributed by atoms with E-state index in [9.17, 15) is 47.0 Å². The van der Waals surface area contributed by atoms with E-state index in [2.05, 4.69) is 5.32 Å². The zero-order valence-corrected chi connectivity index (χ0v) is 46.4. The molecule has 0 aliphatic carbocycles. The molecule has 4 atom stereocenters. The molecule has 6 rings (SSSR count). The molecule has 11 nitrogen and oxygen atoms in total. The van der Waals surface area contributed by atoms with Crippen molar-refractivity contribution in [3.63, 3.8) is 0 Å². The van der Waals surface area contributed by atoms with Crippen LogP contribution >= 0.6 is 0 Å². The van der Waals surface area contributed by atoms with Crippen molar-refractivity contribution in [2.45, 2.75) is 137 Å². The number of hydrogen-bond donors (Lipinski definition) is 5. The number of aliphatic hydroxyl groups excluding tert-OH is 2. The Balaban J connectivity index is 0.000000345. The number of aryl methyl sites for hydroxylation is 4. The minimum Gasteiger partial charge on any atom is -0.478 e. The Kier molecular flexibility index (Phi) is 29.1. The number of carbonyl (C=O) groups excluding carboxylic acids is 3. The standard InChI is InChI=1S/C32H38F2N2O3.C17H19F2NO.C15H21NO3.CH4/c1-4-13-36(14-5-2)32(39)26-16-22(3)15-25(20-26)31(38)35-29(19-24-17-27(33)21-28(34)18-24)30(37)12-11-23-9-7-6-8-10-23;18-14-8-13(9-15(19)11-14)10-16(20)17(21)7-6-12-4-2-1-3-5-12;1-4-6-16(7-5-2)14(17)12-8-11(3)9-13(10-12)15(18)19;/h6-10,15-18,20-21,29-30,37H,4-5,11-14,19H2,1-3H3,(H,35,38);1-5,8-9,11,16-17,21H,6-7,10,20H2;8-10H,4-7H2,1-3H3,(H,18,19);1H4/t29-,30?;16-,17?;;/m00../s1. The Labute approximate surface area is 470 Å². The summed E-state index contributed by atoms with van der Waals surface area (Å²) < 4.78 is 54.0. The van der Waals surface area contributed by atoms with Gasteiger partial charge in [0.05, 0.1) is 23.8 Å². The van der Waals surface area contributed by atoms with Crippen molar-refractivity contribution in [2.75, 3.05) is 26.2 Å². The van der Waals surface area contributed by atoms with Gasteiger partial charge in [0.15, 0.2) is 0 Å². The molecule has 6 aromatic rings. The normalized spacial score (nSPS) is 12.2. The summed E-state index contributed by atoms with van der Waals surface area (Å²) in [6.45, 7) is 14.3. The van der Waals surface area contributed by atoms with Crippen LogP contribution in [0.5, 0.6) is 0 Å². The zero-order chi connectivity index (χ0) is 58.0. The van der Waals surface area contributed by atoms with Crippen molar-refractivity contribution in [1.82, 2.24) is 15.1 Å². The Morgan fingerprint density at radius 3 is 1.26 bits per heavy atom. The number of carboxylic acid groups (broad SMARTS) is 1. The lowest BCUT2D eigenvalue weighted by atomic mass is 9.95. The molecule has 0 aromatic heterocycles. The smallest absolute Gasteiger partial charge is 0.335 e. The minimum atomic E-state index is -1.00. The molecule has 6 aromatic carbocycles. The van der Waals surface area contributed by atoms with E-state index in [1.54, 1.807) is 47.1 Å². The molecule has 0 radical (unpaired) electrons. The molecule has 15 heteroatoms. The van der Waals surface area contributed by atoms with Gasteiger partial charge in [-0.2, -0.15) is 0 Å². The third-order valence-corrected chi connectivity index (χ3v) is 12.9. The van der Waals surface area contributed by atoms with Gasteiger partial charge in [0, 0.05) is 61.0 Å². The molecule has 0 spiro atoms. The summed E-state index contributed by atoms with van der Waals surface area (Å²) in [7, 11) is 0. The highest BCUT2D eigenvalue weighted by molar-refractivity contribution is 6.00. The summed E-state index contributed by atoms with van der Waals surface area (Å²) >= 11 is 0. The van der Waals surface area contributed by atoms with Gasteiger partial charge in [0.1, 0.15) is 23.3 Å². The monoisotopic (exact) mass is 1110 g/mol.